The van der Waals surface area contributed by atoms with E-state index in [0.717, 1.165) is 18.4 Å². The zero-order valence-corrected chi connectivity index (χ0v) is 18.1. The van der Waals surface area contributed by atoms with Crippen LogP contribution < -0.4 is 0 Å². The van der Waals surface area contributed by atoms with Gasteiger partial charge in [0.15, 0.2) is 0 Å². The lowest BCUT2D eigenvalue weighted by Crippen LogP contribution is -2.01. The van der Waals surface area contributed by atoms with Crippen molar-refractivity contribution in [3.05, 3.63) is 28.3 Å². The Balaban J connectivity index is 2.61. The molecule has 1 nitrogen and oxygen atoms in total. The fraction of sp³-hybridized carbons (Fsp3) is 0.760. The molecular formula is C25H44O. The van der Waals surface area contributed by atoms with Gasteiger partial charge in [-0.3, -0.25) is 0 Å². The lowest BCUT2D eigenvalue weighted by molar-refractivity contribution is 0.458. The molecule has 0 fully saturated rings. The van der Waals surface area contributed by atoms with E-state index < -0.39 is 0 Å². The van der Waals surface area contributed by atoms with Crippen LogP contribution in [0.5, 0.6) is 5.75 Å². The normalized spacial score (nSPS) is 11.2. The largest absolute Gasteiger partial charge is 0.507 e. The minimum atomic E-state index is 0.588. The van der Waals surface area contributed by atoms with Crippen molar-refractivity contribution < 1.29 is 5.11 Å². The third kappa shape index (κ3) is 8.14. The highest BCUT2D eigenvalue weighted by atomic mass is 16.3. The van der Waals surface area contributed by atoms with E-state index in [1.807, 2.05) is 0 Å². The first kappa shape index (κ1) is 23.1. The summed E-state index contributed by atoms with van der Waals surface area (Å²) in [5, 5.41) is 10.7. The molecule has 0 aromatic heterocycles. The number of benzene rings is 1. The maximum absolute atomic E-state index is 10.7. The number of hydrogen-bond acceptors (Lipinski definition) is 1. The second kappa shape index (κ2) is 14.1. The maximum Gasteiger partial charge on any atom is 0.122 e. The number of aryl methyl sites for hydroxylation is 2. The van der Waals surface area contributed by atoms with Gasteiger partial charge in [0.1, 0.15) is 5.75 Å². The van der Waals surface area contributed by atoms with Gasteiger partial charge in [-0.05, 0) is 61.3 Å². The average Bonchev–Trinajstić information content (AvgIpc) is 2.64. The van der Waals surface area contributed by atoms with Gasteiger partial charge in [0.05, 0.1) is 0 Å². The quantitative estimate of drug-likeness (QED) is 0.313. The molecule has 0 spiro atoms. The Hall–Kier alpha value is -0.980. The first-order chi connectivity index (χ1) is 12.7. The Bertz CT molecular complexity index is 489. The Morgan fingerprint density at radius 3 is 1.69 bits per heavy atom. The van der Waals surface area contributed by atoms with Crippen molar-refractivity contribution in [2.24, 2.45) is 0 Å². The van der Waals surface area contributed by atoms with E-state index in [1.54, 1.807) is 0 Å². The second-order valence-corrected chi connectivity index (χ2v) is 8.04. The molecule has 0 saturated carbocycles. The number of phenolic OH excluding ortho intramolecular Hbond substituents is 1. The molecule has 1 aromatic rings. The Kier molecular flexibility index (Phi) is 12.5. The van der Waals surface area contributed by atoms with E-state index in [1.165, 1.54) is 100 Å². The summed E-state index contributed by atoms with van der Waals surface area (Å²) in [5.41, 5.74) is 5.23. The van der Waals surface area contributed by atoms with Crippen LogP contribution in [0.2, 0.25) is 0 Å². The molecule has 26 heavy (non-hydrogen) atoms. The molecule has 0 heterocycles. The van der Waals surface area contributed by atoms with E-state index >= 15 is 0 Å². The Labute approximate surface area is 163 Å². The number of aromatic hydroxyl groups is 1. The summed E-state index contributed by atoms with van der Waals surface area (Å²) in [6, 6.07) is 2.28. The van der Waals surface area contributed by atoms with Crippen LogP contribution in [0.1, 0.15) is 120 Å². The number of hydrogen-bond donors (Lipinski definition) is 1. The van der Waals surface area contributed by atoms with Gasteiger partial charge in [0.2, 0.25) is 0 Å². The van der Waals surface area contributed by atoms with Crippen LogP contribution in [0.15, 0.2) is 6.07 Å². The van der Waals surface area contributed by atoms with Gasteiger partial charge in [-0.1, -0.05) is 91.0 Å². The molecule has 1 aromatic carbocycles. The number of unbranched alkanes of at least 4 members (excludes halogenated alkanes) is 10. The Morgan fingerprint density at radius 2 is 1.15 bits per heavy atom. The molecule has 150 valence electrons. The zero-order chi connectivity index (χ0) is 19.2. The van der Waals surface area contributed by atoms with Crippen LogP contribution in [-0.2, 0) is 19.3 Å². The van der Waals surface area contributed by atoms with Crippen molar-refractivity contribution >= 4 is 0 Å². The summed E-state index contributed by atoms with van der Waals surface area (Å²) in [4.78, 5) is 0. The average molecular weight is 361 g/mol. The third-order valence-electron chi connectivity index (χ3n) is 5.83. The molecule has 1 heteroatoms. The lowest BCUT2D eigenvalue weighted by atomic mass is 9.90. The molecule has 1 N–H and O–H groups in total. The summed E-state index contributed by atoms with van der Waals surface area (Å²) >= 11 is 0. The fourth-order valence-corrected chi connectivity index (χ4v) is 3.97. The topological polar surface area (TPSA) is 20.2 Å². The van der Waals surface area contributed by atoms with E-state index in [2.05, 4.69) is 33.8 Å². The van der Waals surface area contributed by atoms with Crippen LogP contribution in [0.4, 0.5) is 0 Å². The molecule has 0 amide bonds. The van der Waals surface area contributed by atoms with Crippen LogP contribution in [-0.4, -0.2) is 5.11 Å². The van der Waals surface area contributed by atoms with Crippen molar-refractivity contribution in [1.29, 1.82) is 0 Å². The molecule has 0 atom stereocenters. The molecule has 0 saturated heterocycles. The van der Waals surface area contributed by atoms with Gasteiger partial charge >= 0.3 is 0 Å². The van der Waals surface area contributed by atoms with Crippen molar-refractivity contribution in [1.82, 2.24) is 0 Å². The van der Waals surface area contributed by atoms with Crippen molar-refractivity contribution in [3.8, 4) is 5.75 Å². The van der Waals surface area contributed by atoms with Gasteiger partial charge < -0.3 is 5.11 Å². The summed E-state index contributed by atoms with van der Waals surface area (Å²) in [6.07, 6.45) is 19.1. The van der Waals surface area contributed by atoms with E-state index in [0.29, 0.717) is 5.75 Å². The lowest BCUT2D eigenvalue weighted by Gasteiger charge is -2.17. The Morgan fingerprint density at radius 1 is 0.654 bits per heavy atom. The smallest absolute Gasteiger partial charge is 0.122 e. The third-order valence-corrected chi connectivity index (χ3v) is 5.83. The number of rotatable bonds is 15. The summed E-state index contributed by atoms with van der Waals surface area (Å²) in [7, 11) is 0. The summed E-state index contributed by atoms with van der Waals surface area (Å²) in [5.74, 6) is 0.588. The highest BCUT2D eigenvalue weighted by molar-refractivity contribution is 5.49. The monoisotopic (exact) mass is 360 g/mol. The summed E-state index contributed by atoms with van der Waals surface area (Å²) < 4.78 is 0. The van der Waals surface area contributed by atoms with Crippen LogP contribution >= 0.6 is 0 Å². The van der Waals surface area contributed by atoms with Crippen LogP contribution in [0.3, 0.4) is 0 Å². The predicted octanol–water partition coefficient (Wildman–Crippen LogP) is 8.07. The number of phenols is 1. The molecule has 0 bridgehead atoms. The molecule has 0 aliphatic rings. The highest BCUT2D eigenvalue weighted by Gasteiger charge is 2.13. The van der Waals surface area contributed by atoms with Gasteiger partial charge in [0, 0.05) is 0 Å². The van der Waals surface area contributed by atoms with Crippen molar-refractivity contribution in [2.75, 3.05) is 0 Å². The predicted molar refractivity (Wildman–Crippen MR) is 116 cm³/mol. The standard InChI is InChI=1S/C25H44O/c1-5-8-10-12-14-16-18-23-20-22(7-3)25(26)24(21(23)4)19-17-15-13-11-9-6-2/h20,26H,5-19H2,1-4H3. The second-order valence-electron chi connectivity index (χ2n) is 8.04. The SMILES string of the molecule is CCCCCCCCc1cc(CC)c(O)c(CCCCCCCC)c1C. The van der Waals surface area contributed by atoms with E-state index in [-0.39, 0.29) is 0 Å². The zero-order valence-electron chi connectivity index (χ0n) is 18.1. The van der Waals surface area contributed by atoms with E-state index in [4.69, 9.17) is 0 Å². The molecule has 0 aliphatic carbocycles. The van der Waals surface area contributed by atoms with Gasteiger partial charge in [-0.15, -0.1) is 0 Å². The van der Waals surface area contributed by atoms with Gasteiger partial charge in [-0.2, -0.15) is 0 Å². The first-order valence-electron chi connectivity index (χ1n) is 11.5. The molecule has 1 rings (SSSR count). The van der Waals surface area contributed by atoms with Gasteiger partial charge in [0.25, 0.3) is 0 Å². The van der Waals surface area contributed by atoms with Gasteiger partial charge in [-0.25, -0.2) is 0 Å². The van der Waals surface area contributed by atoms with Crippen LogP contribution in [0.25, 0.3) is 0 Å². The molecular weight excluding hydrogens is 316 g/mol. The van der Waals surface area contributed by atoms with Crippen LogP contribution in [0, 0.1) is 6.92 Å². The first-order valence-corrected chi connectivity index (χ1v) is 11.5. The fourth-order valence-electron chi connectivity index (χ4n) is 3.97. The maximum atomic E-state index is 10.7. The van der Waals surface area contributed by atoms with E-state index in [9.17, 15) is 5.11 Å². The minimum Gasteiger partial charge on any atom is -0.507 e. The summed E-state index contributed by atoms with van der Waals surface area (Å²) in [6.45, 7) is 8.94. The highest BCUT2D eigenvalue weighted by Crippen LogP contribution is 2.32. The molecule has 0 unspecified atom stereocenters. The molecule has 0 radical (unpaired) electrons. The minimum absolute atomic E-state index is 0.588. The molecule has 0 aliphatic heterocycles. The van der Waals surface area contributed by atoms with Crippen molar-refractivity contribution in [3.63, 3.8) is 0 Å². The van der Waals surface area contributed by atoms with Crippen molar-refractivity contribution in [2.45, 2.75) is 124 Å².